The van der Waals surface area contributed by atoms with E-state index in [9.17, 15) is 9.59 Å². The number of carbonyl (C=O) groups is 2. The Morgan fingerprint density at radius 3 is 2.48 bits per heavy atom. The lowest BCUT2D eigenvalue weighted by atomic mass is 9.94. The molecule has 0 saturated heterocycles. The average molecular weight is 421 g/mol. The summed E-state index contributed by atoms with van der Waals surface area (Å²) in [5, 5.41) is 9.25. The Labute approximate surface area is 176 Å². The molecule has 1 aromatic rings. The van der Waals surface area contributed by atoms with E-state index >= 15 is 0 Å². The summed E-state index contributed by atoms with van der Waals surface area (Å²) in [6.45, 7) is 9.75. The number of hydrogen-bond acceptors (Lipinski definition) is 6. The quantitative estimate of drug-likeness (QED) is 0.386. The van der Waals surface area contributed by atoms with E-state index < -0.39 is 17.4 Å². The Morgan fingerprint density at radius 1 is 1.28 bits per heavy atom. The molecule has 29 heavy (non-hydrogen) atoms. The number of ether oxygens (including phenoxy) is 3. The zero-order chi connectivity index (χ0) is 21.9. The topological polar surface area (TPSA) is 82.1 Å². The average Bonchev–Trinajstić information content (AvgIpc) is 3.01. The SMILES string of the molecule is COc1c(C)c2c(c(OC(=S)C(C)(C)C)c1C/C=C(\C)CCC(=O)O)C(=O)OC2. The van der Waals surface area contributed by atoms with Crippen molar-refractivity contribution in [3.05, 3.63) is 33.9 Å². The molecule has 7 heteroatoms. The Morgan fingerprint density at radius 2 is 1.93 bits per heavy atom. The number of fused-ring (bicyclic) bond motifs is 1. The van der Waals surface area contributed by atoms with E-state index in [2.05, 4.69) is 0 Å². The molecule has 0 spiro atoms. The van der Waals surface area contributed by atoms with Crippen molar-refractivity contribution in [2.45, 2.75) is 60.5 Å². The van der Waals surface area contributed by atoms with Crippen LogP contribution in [-0.2, 0) is 22.6 Å². The maximum atomic E-state index is 12.5. The minimum absolute atomic E-state index is 0.0620. The van der Waals surface area contributed by atoms with Gasteiger partial charge in [0.25, 0.3) is 0 Å². The number of carboxylic acids is 1. The molecule has 2 rings (SSSR count). The van der Waals surface area contributed by atoms with E-state index in [-0.39, 0.29) is 13.0 Å². The predicted octanol–water partition coefficient (Wildman–Crippen LogP) is 4.78. The van der Waals surface area contributed by atoms with Crippen LogP contribution in [0.3, 0.4) is 0 Å². The monoisotopic (exact) mass is 420 g/mol. The molecule has 1 aliphatic rings. The third-order valence-corrected chi connectivity index (χ3v) is 5.52. The zero-order valence-corrected chi connectivity index (χ0v) is 18.6. The van der Waals surface area contributed by atoms with Gasteiger partial charge in [-0.1, -0.05) is 32.4 Å². The number of hydrogen-bond donors (Lipinski definition) is 1. The molecule has 0 amide bonds. The van der Waals surface area contributed by atoms with Gasteiger partial charge in [-0.15, -0.1) is 0 Å². The fraction of sp³-hybridized carbons (Fsp3) is 0.500. The lowest BCUT2D eigenvalue weighted by molar-refractivity contribution is -0.136. The number of esters is 1. The predicted molar refractivity (Wildman–Crippen MR) is 114 cm³/mol. The van der Waals surface area contributed by atoms with Gasteiger partial charge in [-0.2, -0.15) is 0 Å². The first kappa shape index (κ1) is 22.9. The van der Waals surface area contributed by atoms with E-state index in [4.69, 9.17) is 31.5 Å². The van der Waals surface area contributed by atoms with Crippen molar-refractivity contribution in [1.82, 2.24) is 0 Å². The summed E-state index contributed by atoms with van der Waals surface area (Å²) in [4.78, 5) is 23.3. The number of thiocarbonyl (C=S) groups is 1. The third kappa shape index (κ3) is 5.15. The van der Waals surface area contributed by atoms with E-state index in [0.717, 1.165) is 16.7 Å². The van der Waals surface area contributed by atoms with Crippen molar-refractivity contribution in [2.24, 2.45) is 5.41 Å². The summed E-state index contributed by atoms with van der Waals surface area (Å²) < 4.78 is 17.0. The van der Waals surface area contributed by atoms with Gasteiger partial charge in [-0.05, 0) is 44.5 Å². The number of methoxy groups -OCH3 is 1. The van der Waals surface area contributed by atoms with E-state index in [1.54, 1.807) is 7.11 Å². The summed E-state index contributed by atoms with van der Waals surface area (Å²) in [6.07, 6.45) is 2.85. The second kappa shape index (κ2) is 8.95. The van der Waals surface area contributed by atoms with Crippen LogP contribution in [0.5, 0.6) is 11.5 Å². The van der Waals surface area contributed by atoms with Gasteiger partial charge in [0.1, 0.15) is 23.7 Å². The van der Waals surface area contributed by atoms with Crippen LogP contribution in [-0.4, -0.2) is 29.2 Å². The fourth-order valence-corrected chi connectivity index (χ4v) is 3.13. The van der Waals surface area contributed by atoms with Gasteiger partial charge in [-0.3, -0.25) is 4.79 Å². The van der Waals surface area contributed by atoms with Crippen LogP contribution in [0.2, 0.25) is 0 Å². The molecule has 1 N–H and O–H groups in total. The molecule has 1 heterocycles. The van der Waals surface area contributed by atoms with E-state index in [0.29, 0.717) is 40.5 Å². The Bertz CT molecular complexity index is 877. The molecule has 0 atom stereocenters. The molecule has 1 aromatic carbocycles. The lowest BCUT2D eigenvalue weighted by Gasteiger charge is -2.24. The molecule has 0 bridgehead atoms. The van der Waals surface area contributed by atoms with Gasteiger partial charge in [-0.25, -0.2) is 4.79 Å². The second-order valence-electron chi connectivity index (χ2n) is 8.18. The number of carboxylic acid groups (broad SMARTS) is 1. The highest BCUT2D eigenvalue weighted by atomic mass is 32.1. The van der Waals surface area contributed by atoms with Crippen LogP contribution >= 0.6 is 12.2 Å². The Hall–Kier alpha value is -2.41. The number of carbonyl (C=O) groups excluding carboxylic acids is 1. The van der Waals surface area contributed by atoms with Crippen LogP contribution in [0.15, 0.2) is 11.6 Å². The van der Waals surface area contributed by atoms with Crippen LogP contribution < -0.4 is 9.47 Å². The standard InChI is InChI=1S/C22H28O6S/c1-12(8-10-16(23)24)7-9-14-18(26-6)13(2)15-11-27-20(25)17(15)19(14)28-21(29)22(3,4)5/h7H,8-11H2,1-6H3,(H,23,24)/b12-7+. The van der Waals surface area contributed by atoms with Gasteiger partial charge in [0, 0.05) is 23.0 Å². The summed E-state index contributed by atoms with van der Waals surface area (Å²) >= 11 is 5.47. The number of aliphatic carboxylic acids is 1. The number of allylic oxidation sites excluding steroid dienone is 2. The molecular formula is C22H28O6S. The highest BCUT2D eigenvalue weighted by Crippen LogP contribution is 2.43. The van der Waals surface area contributed by atoms with Crippen molar-refractivity contribution in [3.63, 3.8) is 0 Å². The molecule has 1 aliphatic heterocycles. The minimum Gasteiger partial charge on any atom is -0.496 e. The molecule has 0 aliphatic carbocycles. The van der Waals surface area contributed by atoms with E-state index in [1.165, 1.54) is 0 Å². The van der Waals surface area contributed by atoms with Crippen molar-refractivity contribution < 1.29 is 28.9 Å². The van der Waals surface area contributed by atoms with E-state index in [1.807, 2.05) is 40.7 Å². The van der Waals surface area contributed by atoms with Crippen LogP contribution in [0.1, 0.15) is 67.6 Å². The molecule has 0 unspecified atom stereocenters. The van der Waals surface area contributed by atoms with Gasteiger partial charge in [0.15, 0.2) is 5.05 Å². The molecule has 6 nitrogen and oxygen atoms in total. The fourth-order valence-electron chi connectivity index (χ4n) is 3.05. The molecule has 158 valence electrons. The van der Waals surface area contributed by atoms with Gasteiger partial charge >= 0.3 is 11.9 Å². The number of benzene rings is 1. The van der Waals surface area contributed by atoms with Crippen molar-refractivity contribution >= 4 is 29.2 Å². The summed E-state index contributed by atoms with van der Waals surface area (Å²) in [5.74, 6) is -0.292. The number of cyclic esters (lactones) is 1. The number of rotatable bonds is 7. The van der Waals surface area contributed by atoms with Crippen molar-refractivity contribution in [1.29, 1.82) is 0 Å². The van der Waals surface area contributed by atoms with Gasteiger partial charge in [0.2, 0.25) is 0 Å². The molecule has 0 saturated carbocycles. The first-order chi connectivity index (χ1) is 13.5. The van der Waals surface area contributed by atoms with Crippen molar-refractivity contribution in [2.75, 3.05) is 7.11 Å². The normalized spacial score (nSPS) is 13.7. The summed E-state index contributed by atoms with van der Waals surface area (Å²) in [6, 6.07) is 0. The maximum Gasteiger partial charge on any atom is 0.342 e. The highest BCUT2D eigenvalue weighted by Gasteiger charge is 2.34. The molecule has 0 fully saturated rings. The summed E-state index contributed by atoms with van der Waals surface area (Å²) in [5.41, 5.74) is 3.20. The molecular weight excluding hydrogens is 392 g/mol. The zero-order valence-electron chi connectivity index (χ0n) is 17.8. The first-order valence-corrected chi connectivity index (χ1v) is 9.87. The summed E-state index contributed by atoms with van der Waals surface area (Å²) in [7, 11) is 1.57. The largest absolute Gasteiger partial charge is 0.496 e. The Balaban J connectivity index is 2.57. The van der Waals surface area contributed by atoms with Crippen LogP contribution in [0.4, 0.5) is 0 Å². The Kier molecular flexibility index (Phi) is 7.06. The second-order valence-corrected chi connectivity index (χ2v) is 8.55. The molecule has 0 radical (unpaired) electrons. The maximum absolute atomic E-state index is 12.5. The van der Waals surface area contributed by atoms with Gasteiger partial charge in [0.05, 0.1) is 7.11 Å². The minimum atomic E-state index is -0.842. The van der Waals surface area contributed by atoms with Gasteiger partial charge < -0.3 is 19.3 Å². The highest BCUT2D eigenvalue weighted by molar-refractivity contribution is 7.80. The first-order valence-electron chi connectivity index (χ1n) is 9.46. The third-order valence-electron chi connectivity index (χ3n) is 4.82. The van der Waals surface area contributed by atoms with Crippen LogP contribution in [0, 0.1) is 12.3 Å². The molecule has 0 aromatic heterocycles. The van der Waals surface area contributed by atoms with Crippen LogP contribution in [0.25, 0.3) is 0 Å². The van der Waals surface area contributed by atoms with Crippen molar-refractivity contribution in [3.8, 4) is 11.5 Å². The smallest absolute Gasteiger partial charge is 0.342 e. The lowest BCUT2D eigenvalue weighted by Crippen LogP contribution is -2.25.